The lowest BCUT2D eigenvalue weighted by Crippen LogP contribution is -1.76. The normalized spacial score (nSPS) is 10.3. The van der Waals surface area contributed by atoms with Gasteiger partial charge in [-0.3, -0.25) is 0 Å². The molecule has 0 aliphatic carbocycles. The predicted molar refractivity (Wildman–Crippen MR) is 52.2 cm³/mol. The molecule has 3 heteroatoms. The molecule has 0 atom stereocenters. The lowest BCUT2D eigenvalue weighted by Gasteiger charge is -1.98. The van der Waals surface area contributed by atoms with Gasteiger partial charge in [0.2, 0.25) is 0 Å². The molecule has 2 N–H and O–H groups in total. The van der Waals surface area contributed by atoms with Crippen LogP contribution >= 0.6 is 0 Å². The van der Waals surface area contributed by atoms with E-state index < -0.39 is 0 Å². The van der Waals surface area contributed by atoms with Gasteiger partial charge in [0, 0.05) is 0 Å². The van der Waals surface area contributed by atoms with Gasteiger partial charge >= 0.3 is 0 Å². The molecular weight excluding hydrogens is 178 g/mol. The Hall–Kier alpha value is -2.39. The molecule has 1 rings (SSSR count). The van der Waals surface area contributed by atoms with Gasteiger partial charge in [-0.25, -0.2) is 0 Å². The van der Waals surface area contributed by atoms with E-state index in [0.29, 0.717) is 5.56 Å². The first-order chi connectivity index (χ1) is 6.67. The first kappa shape index (κ1) is 9.70. The Morgan fingerprint density at radius 2 is 2.07 bits per heavy atom. The number of hydrogen-bond acceptors (Lipinski definition) is 3. The smallest absolute Gasteiger partial charge is 0.157 e. The minimum Gasteiger partial charge on any atom is -0.504 e. The highest BCUT2D eigenvalue weighted by Gasteiger charge is 1.99. The molecule has 0 radical (unpaired) electrons. The van der Waals surface area contributed by atoms with Crippen LogP contribution in [-0.4, -0.2) is 10.2 Å². The fraction of sp³-hybridized carbons (Fsp3) is 0. The maximum Gasteiger partial charge on any atom is 0.157 e. The summed E-state index contributed by atoms with van der Waals surface area (Å²) in [5.74, 6) is 1.74. The lowest BCUT2D eigenvalue weighted by atomic mass is 10.1. The van der Waals surface area contributed by atoms with E-state index in [1.165, 1.54) is 18.2 Å². The second-order valence-electron chi connectivity index (χ2n) is 2.56. The van der Waals surface area contributed by atoms with Crippen LogP contribution in [0.4, 0.5) is 0 Å². The van der Waals surface area contributed by atoms with E-state index in [4.69, 9.17) is 21.9 Å². The number of nitriles is 1. The second-order valence-corrected chi connectivity index (χ2v) is 2.56. The molecule has 0 aromatic heterocycles. The van der Waals surface area contributed by atoms with E-state index >= 15 is 0 Å². The number of phenolic OH excluding ortho intramolecular Hbond substituents is 2. The third-order valence-electron chi connectivity index (χ3n) is 1.59. The molecule has 0 spiro atoms. The number of allylic oxidation sites excluding steroid dienone is 1. The van der Waals surface area contributed by atoms with Crippen molar-refractivity contribution in [3.8, 4) is 29.9 Å². The molecule has 0 heterocycles. The highest BCUT2D eigenvalue weighted by Crippen LogP contribution is 2.25. The third-order valence-corrected chi connectivity index (χ3v) is 1.59. The van der Waals surface area contributed by atoms with Crippen molar-refractivity contribution < 1.29 is 10.2 Å². The maximum absolute atomic E-state index is 9.14. The van der Waals surface area contributed by atoms with Crippen molar-refractivity contribution in [2.45, 2.75) is 0 Å². The van der Waals surface area contributed by atoms with Crippen molar-refractivity contribution in [2.24, 2.45) is 0 Å². The third kappa shape index (κ3) is 2.06. The van der Waals surface area contributed by atoms with Gasteiger partial charge in [-0.2, -0.15) is 5.26 Å². The molecule has 0 aliphatic rings. The quantitative estimate of drug-likeness (QED) is 0.397. The molecular formula is C11H7NO2. The molecule has 3 nitrogen and oxygen atoms in total. The average molecular weight is 185 g/mol. The van der Waals surface area contributed by atoms with Crippen molar-refractivity contribution in [1.82, 2.24) is 0 Å². The van der Waals surface area contributed by atoms with Gasteiger partial charge in [-0.05, 0) is 23.8 Å². The van der Waals surface area contributed by atoms with Gasteiger partial charge in [0.15, 0.2) is 11.5 Å². The fourth-order valence-corrected chi connectivity index (χ4v) is 0.903. The Labute approximate surface area is 81.5 Å². The van der Waals surface area contributed by atoms with Crippen LogP contribution in [0.3, 0.4) is 0 Å². The van der Waals surface area contributed by atoms with Crippen LogP contribution in [0.15, 0.2) is 23.8 Å². The molecule has 0 saturated carbocycles. The van der Waals surface area contributed by atoms with E-state index in [2.05, 4.69) is 5.92 Å². The van der Waals surface area contributed by atoms with E-state index in [1.54, 1.807) is 6.07 Å². The molecule has 0 aliphatic heterocycles. The first-order valence-electron chi connectivity index (χ1n) is 3.77. The van der Waals surface area contributed by atoms with Crippen LogP contribution in [0.1, 0.15) is 5.56 Å². The Balaban J connectivity index is 3.13. The SMILES string of the molecule is C#C/C(C#N)=C/c1ccc(O)c(O)c1. The first-order valence-corrected chi connectivity index (χ1v) is 3.77. The Morgan fingerprint density at radius 1 is 1.36 bits per heavy atom. The minimum atomic E-state index is -0.243. The van der Waals surface area contributed by atoms with Gasteiger partial charge in [0.05, 0.1) is 0 Å². The van der Waals surface area contributed by atoms with Crippen LogP contribution in [0, 0.1) is 23.7 Å². The summed E-state index contributed by atoms with van der Waals surface area (Å²) < 4.78 is 0. The van der Waals surface area contributed by atoms with Crippen molar-refractivity contribution in [3.05, 3.63) is 29.3 Å². The van der Waals surface area contributed by atoms with Crippen molar-refractivity contribution in [3.63, 3.8) is 0 Å². The lowest BCUT2D eigenvalue weighted by molar-refractivity contribution is 0.403. The molecule has 1 aromatic carbocycles. The maximum atomic E-state index is 9.14. The summed E-state index contributed by atoms with van der Waals surface area (Å²) in [7, 11) is 0. The Morgan fingerprint density at radius 3 is 2.57 bits per heavy atom. The standard InChI is InChI=1S/C11H7NO2/c1-2-8(7-12)5-9-3-4-10(13)11(14)6-9/h1,3-6,13-14H/b8-5-. The molecule has 14 heavy (non-hydrogen) atoms. The predicted octanol–water partition coefficient (Wildman–Crippen LogP) is 1.64. The van der Waals surface area contributed by atoms with E-state index in [1.807, 2.05) is 6.07 Å². The van der Waals surface area contributed by atoms with Crippen molar-refractivity contribution in [1.29, 1.82) is 5.26 Å². The van der Waals surface area contributed by atoms with Crippen molar-refractivity contribution >= 4 is 6.08 Å². The zero-order chi connectivity index (χ0) is 10.6. The van der Waals surface area contributed by atoms with Crippen LogP contribution in [0.25, 0.3) is 6.08 Å². The average Bonchev–Trinajstić information content (AvgIpc) is 2.19. The van der Waals surface area contributed by atoms with E-state index in [0.717, 1.165) is 0 Å². The van der Waals surface area contributed by atoms with Gasteiger partial charge in [0.1, 0.15) is 11.6 Å². The van der Waals surface area contributed by atoms with Crippen LogP contribution in [0.5, 0.6) is 11.5 Å². The number of phenols is 2. The van der Waals surface area contributed by atoms with Crippen LogP contribution in [-0.2, 0) is 0 Å². The number of terminal acetylenes is 1. The van der Waals surface area contributed by atoms with E-state index in [9.17, 15) is 0 Å². The largest absolute Gasteiger partial charge is 0.504 e. The molecule has 0 unspecified atom stereocenters. The summed E-state index contributed by atoms with van der Waals surface area (Å²) in [6.45, 7) is 0. The highest BCUT2D eigenvalue weighted by molar-refractivity contribution is 5.64. The second kappa shape index (κ2) is 4.02. The molecule has 0 fully saturated rings. The zero-order valence-corrected chi connectivity index (χ0v) is 7.23. The molecule has 68 valence electrons. The van der Waals surface area contributed by atoms with Crippen molar-refractivity contribution in [2.75, 3.05) is 0 Å². The number of rotatable bonds is 1. The topological polar surface area (TPSA) is 64.2 Å². The molecule has 0 bridgehead atoms. The van der Waals surface area contributed by atoms with Crippen LogP contribution < -0.4 is 0 Å². The Kier molecular flexibility index (Phi) is 2.79. The molecule has 0 saturated heterocycles. The Bertz CT molecular complexity index is 445. The fourth-order valence-electron chi connectivity index (χ4n) is 0.903. The monoisotopic (exact) mass is 185 g/mol. The summed E-state index contributed by atoms with van der Waals surface area (Å²) in [6.07, 6.45) is 6.49. The van der Waals surface area contributed by atoms with Gasteiger partial charge < -0.3 is 10.2 Å². The number of aromatic hydroxyl groups is 2. The molecule has 1 aromatic rings. The number of hydrogen-bond donors (Lipinski definition) is 2. The summed E-state index contributed by atoms with van der Waals surface area (Å²) in [4.78, 5) is 0. The van der Waals surface area contributed by atoms with E-state index in [-0.39, 0.29) is 17.1 Å². The molecule has 0 amide bonds. The summed E-state index contributed by atoms with van der Waals surface area (Å²) in [5, 5.41) is 26.7. The number of benzene rings is 1. The van der Waals surface area contributed by atoms with Gasteiger partial charge in [0.25, 0.3) is 0 Å². The van der Waals surface area contributed by atoms with Crippen LogP contribution in [0.2, 0.25) is 0 Å². The zero-order valence-electron chi connectivity index (χ0n) is 7.23. The summed E-state index contributed by atoms with van der Waals surface area (Å²) in [5.41, 5.74) is 0.727. The van der Waals surface area contributed by atoms with Gasteiger partial charge in [-0.15, -0.1) is 6.42 Å². The number of nitrogens with zero attached hydrogens (tertiary/aromatic N) is 1. The van der Waals surface area contributed by atoms with Gasteiger partial charge in [-0.1, -0.05) is 12.0 Å². The summed E-state index contributed by atoms with van der Waals surface area (Å²) >= 11 is 0. The highest BCUT2D eigenvalue weighted by atomic mass is 16.3. The minimum absolute atomic E-state index is 0.162. The summed E-state index contributed by atoms with van der Waals surface area (Å²) in [6, 6.07) is 6.01.